The number of carbonyl (C=O) groups is 1. The van der Waals surface area contributed by atoms with Crippen LogP contribution in [0.25, 0.3) is 0 Å². The van der Waals surface area contributed by atoms with E-state index < -0.39 is 11.9 Å². The molecule has 1 aromatic rings. The maximum atomic E-state index is 12.5. The van der Waals surface area contributed by atoms with E-state index in [0.717, 1.165) is 19.3 Å². The van der Waals surface area contributed by atoms with Gasteiger partial charge in [-0.15, -0.1) is 0 Å². The van der Waals surface area contributed by atoms with E-state index in [1.165, 1.54) is 0 Å². The molecule has 1 N–H and O–H groups in total. The Balaban J connectivity index is 1.86. The van der Waals surface area contributed by atoms with Crippen molar-refractivity contribution in [3.05, 3.63) is 15.9 Å². The molecule has 3 heterocycles. The van der Waals surface area contributed by atoms with Crippen molar-refractivity contribution in [1.29, 1.82) is 0 Å². The summed E-state index contributed by atoms with van der Waals surface area (Å²) in [6, 6.07) is 0.300. The molecule has 5 nitrogen and oxygen atoms in total. The number of aromatic nitrogens is 1. The minimum Gasteiger partial charge on any atom is -0.481 e. The topological polar surface area (TPSA) is 66.6 Å². The van der Waals surface area contributed by atoms with Gasteiger partial charge in [-0.3, -0.25) is 14.1 Å². The van der Waals surface area contributed by atoms with Gasteiger partial charge in [-0.1, -0.05) is 0 Å². The highest BCUT2D eigenvalue weighted by Crippen LogP contribution is 2.46. The first-order valence-electron chi connectivity index (χ1n) is 7.27. The van der Waals surface area contributed by atoms with Gasteiger partial charge in [0.1, 0.15) is 0 Å². The highest BCUT2D eigenvalue weighted by molar-refractivity contribution is 14.1. The van der Waals surface area contributed by atoms with Gasteiger partial charge in [-0.25, -0.2) is 4.98 Å². The van der Waals surface area contributed by atoms with Crippen LogP contribution in [0.2, 0.25) is 0 Å². The molecule has 2 fully saturated rings. The summed E-state index contributed by atoms with van der Waals surface area (Å²) in [6.07, 6.45) is 4.68. The largest absolute Gasteiger partial charge is 0.481 e. The van der Waals surface area contributed by atoms with Crippen LogP contribution < -0.4 is 0 Å². The van der Waals surface area contributed by atoms with Gasteiger partial charge >= 0.3 is 5.97 Å². The highest BCUT2D eigenvalue weighted by Gasteiger charge is 2.51. The van der Waals surface area contributed by atoms with E-state index in [9.17, 15) is 14.3 Å². The third-order valence-electron chi connectivity index (χ3n) is 4.71. The molecular formula is C14H18FIN2O3. The van der Waals surface area contributed by atoms with Gasteiger partial charge in [-0.2, -0.15) is 0 Å². The van der Waals surface area contributed by atoms with Crippen molar-refractivity contribution >= 4 is 28.6 Å². The normalized spacial score (nSPS) is 32.5. The summed E-state index contributed by atoms with van der Waals surface area (Å²) in [4.78, 5) is 18.2. The van der Waals surface area contributed by atoms with Gasteiger partial charge in [0.2, 0.25) is 0 Å². The molecule has 0 amide bonds. The van der Waals surface area contributed by atoms with Crippen molar-refractivity contribution in [1.82, 2.24) is 9.88 Å². The van der Waals surface area contributed by atoms with Crippen molar-refractivity contribution in [3.8, 4) is 0 Å². The molecule has 2 aliphatic heterocycles. The fourth-order valence-corrected chi connectivity index (χ4v) is 4.30. The van der Waals surface area contributed by atoms with Gasteiger partial charge in [-0.05, 0) is 25.7 Å². The molecular weight excluding hydrogens is 390 g/mol. The van der Waals surface area contributed by atoms with Crippen LogP contribution in [-0.2, 0) is 4.79 Å². The zero-order valence-corrected chi connectivity index (χ0v) is 13.7. The number of piperidine rings is 1. The van der Waals surface area contributed by atoms with E-state index in [1.807, 2.05) is 22.6 Å². The summed E-state index contributed by atoms with van der Waals surface area (Å²) >= 11 is 2.04. The first-order valence-corrected chi connectivity index (χ1v) is 8.35. The Kier molecular flexibility index (Phi) is 4.49. The predicted molar refractivity (Wildman–Crippen MR) is 81.8 cm³/mol. The van der Waals surface area contributed by atoms with Crippen LogP contribution in [0.1, 0.15) is 37.5 Å². The number of hydrogen-bond donors (Lipinski definition) is 1. The lowest BCUT2D eigenvalue weighted by atomic mass is 9.79. The number of oxazole rings is 1. The van der Waals surface area contributed by atoms with E-state index >= 15 is 0 Å². The average molecular weight is 408 g/mol. The molecule has 3 rings (SSSR count). The van der Waals surface area contributed by atoms with Gasteiger partial charge < -0.3 is 9.52 Å². The van der Waals surface area contributed by atoms with Crippen molar-refractivity contribution in [2.75, 3.05) is 13.2 Å². The zero-order chi connectivity index (χ0) is 15.0. The van der Waals surface area contributed by atoms with Crippen LogP contribution in [0.15, 0.2) is 10.6 Å². The number of carboxylic acid groups (broad SMARTS) is 1. The summed E-state index contributed by atoms with van der Waals surface area (Å²) in [5.41, 5.74) is 0. The number of fused-ring (bicyclic) bond motifs is 2. The van der Waals surface area contributed by atoms with Crippen LogP contribution in [0.4, 0.5) is 4.39 Å². The molecule has 4 unspecified atom stereocenters. The average Bonchev–Trinajstić information content (AvgIpc) is 2.98. The molecule has 0 radical (unpaired) electrons. The summed E-state index contributed by atoms with van der Waals surface area (Å²) in [6.45, 7) is 0.292. The smallest absolute Gasteiger partial charge is 0.308 e. The van der Waals surface area contributed by atoms with Crippen molar-refractivity contribution in [2.45, 2.75) is 43.7 Å². The molecule has 0 spiro atoms. The van der Waals surface area contributed by atoms with E-state index in [4.69, 9.17) is 4.42 Å². The first kappa shape index (κ1) is 15.2. The van der Waals surface area contributed by atoms with Crippen LogP contribution in [0, 0.1) is 9.68 Å². The lowest BCUT2D eigenvalue weighted by Gasteiger charge is -2.41. The molecule has 21 heavy (non-hydrogen) atoms. The van der Waals surface area contributed by atoms with Crippen molar-refractivity contribution in [3.63, 3.8) is 0 Å². The number of carboxylic acids is 1. The number of alkyl halides is 1. The summed E-state index contributed by atoms with van der Waals surface area (Å²) in [5.74, 6) is -0.958. The Morgan fingerprint density at radius 3 is 3.00 bits per heavy atom. The summed E-state index contributed by atoms with van der Waals surface area (Å²) in [7, 11) is 0. The Morgan fingerprint density at radius 1 is 1.57 bits per heavy atom. The molecule has 0 saturated carbocycles. The number of halogens is 2. The third-order valence-corrected chi connectivity index (χ3v) is 5.21. The van der Waals surface area contributed by atoms with E-state index in [2.05, 4.69) is 9.88 Å². The molecule has 0 aromatic carbocycles. The van der Waals surface area contributed by atoms with Gasteiger partial charge in [0, 0.05) is 41.2 Å². The van der Waals surface area contributed by atoms with E-state index in [0.29, 0.717) is 28.7 Å². The quantitative estimate of drug-likeness (QED) is 0.760. The molecule has 2 bridgehead atoms. The maximum Gasteiger partial charge on any atom is 0.308 e. The van der Waals surface area contributed by atoms with E-state index in [1.54, 1.807) is 6.20 Å². The second-order valence-electron chi connectivity index (χ2n) is 5.79. The summed E-state index contributed by atoms with van der Waals surface area (Å²) in [5, 5.41) is 9.67. The van der Waals surface area contributed by atoms with Crippen LogP contribution in [0.5, 0.6) is 0 Å². The molecule has 4 atom stereocenters. The first-order chi connectivity index (χ1) is 10.1. The standard InChI is InChI=1S/C14H18FIN2O3/c15-4-1-5-18-8-2-3-10(18)12(14(19)20)9(6-8)13-17-7-11(16)21-13/h7-10,12H,1-6H2,(H,19,20). The number of aliphatic carboxylic acids is 1. The van der Waals surface area contributed by atoms with Gasteiger partial charge in [0.25, 0.3) is 0 Å². The zero-order valence-electron chi connectivity index (χ0n) is 11.5. The molecule has 116 valence electrons. The van der Waals surface area contributed by atoms with E-state index in [-0.39, 0.29) is 18.6 Å². The van der Waals surface area contributed by atoms with Crippen molar-refractivity contribution in [2.24, 2.45) is 5.92 Å². The van der Waals surface area contributed by atoms with Crippen molar-refractivity contribution < 1.29 is 18.7 Å². The minimum absolute atomic E-state index is 0.0256. The van der Waals surface area contributed by atoms with Gasteiger partial charge in [0.05, 0.1) is 24.7 Å². The Labute approximate surface area is 136 Å². The third kappa shape index (κ3) is 2.81. The Hall–Kier alpha value is -0.700. The molecule has 2 aliphatic rings. The van der Waals surface area contributed by atoms with Gasteiger partial charge in [0.15, 0.2) is 9.66 Å². The van der Waals surface area contributed by atoms with Crippen LogP contribution >= 0.6 is 22.6 Å². The lowest BCUT2D eigenvalue weighted by Crippen LogP contribution is -2.51. The summed E-state index contributed by atoms with van der Waals surface area (Å²) < 4.78 is 18.7. The Bertz CT molecular complexity index is 524. The monoisotopic (exact) mass is 408 g/mol. The van der Waals surface area contributed by atoms with Crippen LogP contribution in [0.3, 0.4) is 0 Å². The number of hydrogen-bond acceptors (Lipinski definition) is 4. The lowest BCUT2D eigenvalue weighted by molar-refractivity contribution is -0.147. The molecule has 2 saturated heterocycles. The predicted octanol–water partition coefficient (Wildman–Crippen LogP) is 2.66. The highest BCUT2D eigenvalue weighted by atomic mass is 127. The van der Waals surface area contributed by atoms with Crippen LogP contribution in [-0.4, -0.2) is 46.3 Å². The molecule has 1 aromatic heterocycles. The second-order valence-corrected chi connectivity index (χ2v) is 6.85. The molecule has 7 heteroatoms. The molecule has 0 aliphatic carbocycles. The maximum absolute atomic E-state index is 12.5. The number of nitrogens with zero attached hydrogens (tertiary/aromatic N) is 2. The second kappa shape index (κ2) is 6.20. The number of rotatable bonds is 5. The Morgan fingerprint density at radius 2 is 2.38 bits per heavy atom. The SMILES string of the molecule is O=C(O)C1C(c2ncc(I)o2)CC2CCC1N2CCCF. The fourth-order valence-electron chi connectivity index (χ4n) is 3.93. The minimum atomic E-state index is -0.802. The fraction of sp³-hybridized carbons (Fsp3) is 0.714.